The maximum atomic E-state index is 13.7. The number of methoxy groups -OCH3 is 2. The Labute approximate surface area is 204 Å². The van der Waals surface area contributed by atoms with E-state index in [0.29, 0.717) is 24.6 Å². The molecule has 2 aromatic rings. The number of carbonyl (C=O) groups is 1. The van der Waals surface area contributed by atoms with Crippen molar-refractivity contribution in [1.82, 2.24) is 15.0 Å². The minimum Gasteiger partial charge on any atom is -0.493 e. The number of piperazine rings is 1. The molecule has 2 aliphatic heterocycles. The normalized spacial score (nSPS) is 17.1. The Morgan fingerprint density at radius 3 is 2.50 bits per heavy atom. The summed E-state index contributed by atoms with van der Waals surface area (Å²) in [6.07, 6.45) is 1.64. The summed E-state index contributed by atoms with van der Waals surface area (Å²) in [4.78, 5) is 20.6. The standard InChI is InChI=1S/C26H35BN4O3/c1-4-29-13-15-30(16-14-29)23-8-5-7-20-21(23)18-31(26(20)32)22(9-6-12-28-27)19-10-11-24(33-2)25(17-19)34-3/h5,7-8,10-11,17,22,28H,4,6,9,12-16,18H2,1-3H3/t22-/m1/s1. The third-order valence-corrected chi connectivity index (χ3v) is 7.10. The number of likely N-dealkylation sites (N-methyl/N-ethyl adjacent to an activating group) is 1. The number of nitrogens with one attached hydrogen (secondary N) is 1. The van der Waals surface area contributed by atoms with Crippen LogP contribution in [0.15, 0.2) is 36.4 Å². The topological polar surface area (TPSA) is 57.3 Å². The van der Waals surface area contributed by atoms with Gasteiger partial charge in [-0.15, -0.1) is 0 Å². The van der Waals surface area contributed by atoms with Crippen LogP contribution in [-0.4, -0.2) is 77.2 Å². The molecule has 1 N–H and O–H groups in total. The van der Waals surface area contributed by atoms with Gasteiger partial charge in [-0.2, -0.15) is 0 Å². The Bertz CT molecular complexity index is 994. The summed E-state index contributed by atoms with van der Waals surface area (Å²) in [5.74, 6) is 1.43. The number of amides is 1. The number of anilines is 1. The van der Waals surface area contributed by atoms with Crippen molar-refractivity contribution in [3.05, 3.63) is 53.1 Å². The van der Waals surface area contributed by atoms with E-state index >= 15 is 0 Å². The van der Waals surface area contributed by atoms with Gasteiger partial charge in [0.1, 0.15) is 0 Å². The minimum atomic E-state index is -0.0853. The van der Waals surface area contributed by atoms with E-state index in [4.69, 9.17) is 17.5 Å². The predicted molar refractivity (Wildman–Crippen MR) is 136 cm³/mol. The molecule has 1 saturated heterocycles. The van der Waals surface area contributed by atoms with Crippen LogP contribution in [0.3, 0.4) is 0 Å². The molecule has 1 atom stereocenters. The lowest BCUT2D eigenvalue weighted by Gasteiger charge is -2.36. The molecule has 0 unspecified atom stereocenters. The summed E-state index contributed by atoms with van der Waals surface area (Å²) in [5.41, 5.74) is 4.19. The molecule has 1 amide bonds. The molecule has 1 fully saturated rings. The molecule has 0 spiro atoms. The molecule has 2 aromatic carbocycles. The second-order valence-electron chi connectivity index (χ2n) is 8.88. The van der Waals surface area contributed by atoms with Crippen molar-refractivity contribution in [2.45, 2.75) is 32.4 Å². The Balaban J connectivity index is 1.63. The lowest BCUT2D eigenvalue weighted by molar-refractivity contribution is 0.0689. The molecule has 4 rings (SSSR count). The number of rotatable bonds is 10. The van der Waals surface area contributed by atoms with Gasteiger partial charge in [0.2, 0.25) is 0 Å². The molecular weight excluding hydrogens is 427 g/mol. The molecule has 0 aromatic heterocycles. The van der Waals surface area contributed by atoms with Gasteiger partial charge in [-0.3, -0.25) is 4.79 Å². The van der Waals surface area contributed by atoms with Crippen molar-refractivity contribution in [2.24, 2.45) is 0 Å². The second-order valence-corrected chi connectivity index (χ2v) is 8.88. The molecule has 180 valence electrons. The Hall–Kier alpha value is -2.71. The number of fused-ring (bicyclic) bond motifs is 1. The van der Waals surface area contributed by atoms with Crippen LogP contribution in [0.4, 0.5) is 5.69 Å². The van der Waals surface area contributed by atoms with E-state index < -0.39 is 0 Å². The van der Waals surface area contributed by atoms with E-state index in [0.717, 1.165) is 62.3 Å². The smallest absolute Gasteiger partial charge is 0.255 e. The molecule has 2 aliphatic rings. The Kier molecular flexibility index (Phi) is 8.01. The summed E-state index contributed by atoms with van der Waals surface area (Å²) < 4.78 is 11.0. The van der Waals surface area contributed by atoms with E-state index in [2.05, 4.69) is 28.0 Å². The number of benzene rings is 2. The van der Waals surface area contributed by atoms with Crippen LogP contribution in [0.2, 0.25) is 0 Å². The van der Waals surface area contributed by atoms with E-state index in [1.54, 1.807) is 14.2 Å². The van der Waals surface area contributed by atoms with E-state index in [1.807, 2.05) is 35.2 Å². The van der Waals surface area contributed by atoms with Crippen LogP contribution in [0, 0.1) is 0 Å². The van der Waals surface area contributed by atoms with Crippen molar-refractivity contribution < 1.29 is 14.3 Å². The highest BCUT2D eigenvalue weighted by atomic mass is 16.5. The van der Waals surface area contributed by atoms with E-state index in [9.17, 15) is 4.79 Å². The van der Waals surface area contributed by atoms with E-state index in [1.165, 1.54) is 5.69 Å². The monoisotopic (exact) mass is 462 g/mol. The highest BCUT2D eigenvalue weighted by Crippen LogP contribution is 2.40. The number of carbonyl (C=O) groups excluding carboxylic acids is 1. The van der Waals surface area contributed by atoms with Gasteiger partial charge >= 0.3 is 0 Å². The number of nitrogens with zero attached hydrogens (tertiary/aromatic N) is 3. The van der Waals surface area contributed by atoms with Gasteiger partial charge in [0.05, 0.1) is 20.3 Å². The fourth-order valence-electron chi connectivity index (χ4n) is 5.15. The van der Waals surface area contributed by atoms with Crippen molar-refractivity contribution in [3.63, 3.8) is 0 Å². The Morgan fingerprint density at radius 2 is 1.82 bits per heavy atom. The molecular formula is C26H35BN4O3. The SMILES string of the molecule is [B]NCCC[C@H](c1ccc(OC)c(OC)c1)N1Cc2c(cccc2N2CCN(CC)CC2)C1=O. The van der Waals surface area contributed by atoms with Gasteiger partial charge in [-0.25, -0.2) is 0 Å². The lowest BCUT2D eigenvalue weighted by atomic mass is 9.99. The third kappa shape index (κ3) is 4.88. The van der Waals surface area contributed by atoms with Crippen LogP contribution in [0.1, 0.15) is 47.3 Å². The average Bonchev–Trinajstić information content (AvgIpc) is 3.22. The van der Waals surface area contributed by atoms with Gasteiger partial charge in [-0.1, -0.05) is 19.1 Å². The van der Waals surface area contributed by atoms with Gasteiger partial charge in [0, 0.05) is 49.5 Å². The second kappa shape index (κ2) is 11.1. The Morgan fingerprint density at radius 1 is 1.06 bits per heavy atom. The first-order valence-electron chi connectivity index (χ1n) is 12.2. The van der Waals surface area contributed by atoms with Gasteiger partial charge in [0.15, 0.2) is 19.5 Å². The number of hydrogen-bond donors (Lipinski definition) is 1. The van der Waals surface area contributed by atoms with Crippen molar-refractivity contribution in [3.8, 4) is 11.5 Å². The zero-order chi connectivity index (χ0) is 24.1. The van der Waals surface area contributed by atoms with Crippen LogP contribution in [0.25, 0.3) is 0 Å². The van der Waals surface area contributed by atoms with Crippen molar-refractivity contribution in [2.75, 3.05) is 58.4 Å². The molecule has 8 heteroatoms. The molecule has 34 heavy (non-hydrogen) atoms. The summed E-state index contributed by atoms with van der Waals surface area (Å²) in [6, 6.07) is 12.0. The van der Waals surface area contributed by atoms with Crippen LogP contribution in [-0.2, 0) is 6.54 Å². The fourth-order valence-corrected chi connectivity index (χ4v) is 5.15. The molecule has 0 aliphatic carbocycles. The van der Waals surface area contributed by atoms with Crippen LogP contribution in [0.5, 0.6) is 11.5 Å². The average molecular weight is 462 g/mol. The van der Waals surface area contributed by atoms with Crippen molar-refractivity contribution in [1.29, 1.82) is 0 Å². The van der Waals surface area contributed by atoms with Crippen LogP contribution < -0.4 is 19.6 Å². The van der Waals surface area contributed by atoms with Gasteiger partial charge < -0.3 is 29.4 Å². The van der Waals surface area contributed by atoms with Crippen LogP contribution >= 0.6 is 0 Å². The molecule has 0 bridgehead atoms. The summed E-state index contributed by atoms with van der Waals surface area (Å²) in [6.45, 7) is 8.66. The van der Waals surface area contributed by atoms with Gasteiger partial charge in [0.25, 0.3) is 5.91 Å². The number of ether oxygens (including phenoxy) is 2. The zero-order valence-electron chi connectivity index (χ0n) is 20.5. The lowest BCUT2D eigenvalue weighted by Crippen LogP contribution is -2.46. The molecule has 2 radical (unpaired) electrons. The van der Waals surface area contributed by atoms with Crippen molar-refractivity contribution >= 4 is 19.6 Å². The minimum absolute atomic E-state index is 0.0853. The molecule has 2 heterocycles. The van der Waals surface area contributed by atoms with E-state index in [-0.39, 0.29) is 11.9 Å². The first-order chi connectivity index (χ1) is 16.6. The molecule has 0 saturated carbocycles. The first-order valence-corrected chi connectivity index (χ1v) is 12.2. The largest absolute Gasteiger partial charge is 0.493 e. The fraction of sp³-hybridized carbons (Fsp3) is 0.500. The van der Waals surface area contributed by atoms with Gasteiger partial charge in [-0.05, 0) is 55.8 Å². The predicted octanol–water partition coefficient (Wildman–Crippen LogP) is 3.00. The third-order valence-electron chi connectivity index (χ3n) is 7.10. The highest BCUT2D eigenvalue weighted by molar-refractivity contribution is 6.04. The summed E-state index contributed by atoms with van der Waals surface area (Å²) >= 11 is 0. The summed E-state index contributed by atoms with van der Waals surface area (Å²) in [5, 5.41) is 2.74. The summed E-state index contributed by atoms with van der Waals surface area (Å²) in [7, 11) is 8.80. The zero-order valence-corrected chi connectivity index (χ0v) is 20.5. The first kappa shape index (κ1) is 24.4. The maximum absolute atomic E-state index is 13.7. The highest BCUT2D eigenvalue weighted by Gasteiger charge is 2.36. The quantitative estimate of drug-likeness (QED) is 0.433. The molecule has 7 nitrogen and oxygen atoms in total. The maximum Gasteiger partial charge on any atom is 0.255 e. The number of hydrogen-bond acceptors (Lipinski definition) is 6.